The quantitative estimate of drug-likeness (QED) is 0.131. The predicted octanol–water partition coefficient (Wildman–Crippen LogP) is 6.68. The van der Waals surface area contributed by atoms with Crippen molar-refractivity contribution >= 4 is 51.9 Å². The first-order chi connectivity index (χ1) is 19.7. The molecule has 2 N–H and O–H groups in total. The number of nitro groups is 1. The monoisotopic (exact) mass is 591 g/mol. The average molecular weight is 592 g/mol. The van der Waals surface area contributed by atoms with E-state index in [1.54, 1.807) is 44.3 Å². The number of carbonyl (C=O) groups excluding carboxylic acids is 1. The van der Waals surface area contributed by atoms with E-state index in [0.717, 1.165) is 5.69 Å². The molecule has 0 aliphatic carbocycles. The molecular formula is C29H26ClN5O5S. The van der Waals surface area contributed by atoms with E-state index in [-0.39, 0.29) is 23.6 Å². The molecule has 210 valence electrons. The normalized spacial score (nSPS) is 16.5. The molecule has 5 rings (SSSR count). The Labute approximate surface area is 246 Å². The minimum absolute atomic E-state index is 0.0889. The number of nitrogens with zero attached hydrogens (tertiary/aromatic N) is 3. The molecule has 2 aromatic carbocycles. The fourth-order valence-corrected chi connectivity index (χ4v) is 5.18. The fourth-order valence-electron chi connectivity index (χ4n) is 4.61. The number of pyridine rings is 1. The summed E-state index contributed by atoms with van der Waals surface area (Å²) in [6.45, 7) is 3.61. The minimum Gasteiger partial charge on any atom is -0.496 e. The number of aromatic nitrogens is 1. The maximum absolute atomic E-state index is 12.2. The Hall–Kier alpha value is -4.48. The summed E-state index contributed by atoms with van der Waals surface area (Å²) >= 11 is 12.4. The van der Waals surface area contributed by atoms with Gasteiger partial charge >= 0.3 is 0 Å². The van der Waals surface area contributed by atoms with Crippen LogP contribution in [0.25, 0.3) is 11.3 Å². The molecule has 41 heavy (non-hydrogen) atoms. The summed E-state index contributed by atoms with van der Waals surface area (Å²) in [5.41, 5.74) is 2.40. The second-order valence-corrected chi connectivity index (χ2v) is 10.4. The first-order valence-electron chi connectivity index (χ1n) is 12.7. The molecular weight excluding hydrogens is 566 g/mol. The molecule has 2 aromatic heterocycles. The Morgan fingerprint density at radius 1 is 1.20 bits per heavy atom. The van der Waals surface area contributed by atoms with E-state index in [4.69, 9.17) is 33.0 Å². The highest BCUT2D eigenvalue weighted by Crippen LogP contribution is 2.45. The number of benzene rings is 2. The van der Waals surface area contributed by atoms with Gasteiger partial charge in [-0.15, -0.1) is 0 Å². The number of carbonyl (C=O) groups is 1. The zero-order valence-electron chi connectivity index (χ0n) is 22.3. The molecule has 1 aliphatic heterocycles. The van der Waals surface area contributed by atoms with Crippen LogP contribution in [0.1, 0.15) is 37.4 Å². The van der Waals surface area contributed by atoms with Crippen LogP contribution in [-0.2, 0) is 4.79 Å². The van der Waals surface area contributed by atoms with Crippen LogP contribution in [0.2, 0.25) is 5.02 Å². The van der Waals surface area contributed by atoms with Gasteiger partial charge in [0.1, 0.15) is 23.3 Å². The molecule has 0 unspecified atom stereocenters. The van der Waals surface area contributed by atoms with Crippen molar-refractivity contribution < 1.29 is 18.9 Å². The number of methoxy groups -OCH3 is 1. The molecule has 3 heterocycles. The lowest BCUT2D eigenvalue weighted by Gasteiger charge is -2.26. The van der Waals surface area contributed by atoms with E-state index in [0.29, 0.717) is 44.3 Å². The van der Waals surface area contributed by atoms with Crippen molar-refractivity contribution in [3.63, 3.8) is 0 Å². The fraction of sp³-hybridized carbons (Fsp3) is 0.207. The van der Waals surface area contributed by atoms with Gasteiger partial charge in [-0.2, -0.15) is 0 Å². The SMILES string of the molecule is COc1cc([N+](=O)[O-])ccc1-c1ccc([C@H]2[C@H](c3ccccn3)NC(=S)N2c2ccc(NC(=O)C(C)C)c(Cl)c2)o1. The van der Waals surface area contributed by atoms with Crippen molar-refractivity contribution in [2.24, 2.45) is 5.92 Å². The average Bonchev–Trinajstić information content (AvgIpc) is 3.58. The second kappa shape index (κ2) is 11.6. The number of hydrogen-bond donors (Lipinski definition) is 2. The second-order valence-electron chi connectivity index (χ2n) is 9.65. The summed E-state index contributed by atoms with van der Waals surface area (Å²) < 4.78 is 11.8. The van der Waals surface area contributed by atoms with Crippen LogP contribution in [0.15, 0.2) is 77.3 Å². The maximum Gasteiger partial charge on any atom is 0.273 e. The zero-order chi connectivity index (χ0) is 29.3. The van der Waals surface area contributed by atoms with E-state index < -0.39 is 11.0 Å². The summed E-state index contributed by atoms with van der Waals surface area (Å²) in [5, 5.41) is 18.3. The lowest BCUT2D eigenvalue weighted by atomic mass is 10.0. The van der Waals surface area contributed by atoms with Crippen LogP contribution in [0.3, 0.4) is 0 Å². The van der Waals surface area contributed by atoms with Crippen molar-refractivity contribution in [1.82, 2.24) is 10.3 Å². The molecule has 12 heteroatoms. The van der Waals surface area contributed by atoms with E-state index in [1.165, 1.54) is 19.2 Å². The number of hydrogen-bond acceptors (Lipinski definition) is 7. The van der Waals surface area contributed by atoms with E-state index in [2.05, 4.69) is 15.6 Å². The summed E-state index contributed by atoms with van der Waals surface area (Å²) in [5.74, 6) is 0.998. The predicted molar refractivity (Wildman–Crippen MR) is 160 cm³/mol. The third-order valence-electron chi connectivity index (χ3n) is 6.69. The van der Waals surface area contributed by atoms with Crippen LogP contribution in [0.4, 0.5) is 17.1 Å². The third-order valence-corrected chi connectivity index (χ3v) is 7.32. The van der Waals surface area contributed by atoms with Crippen molar-refractivity contribution in [1.29, 1.82) is 0 Å². The number of rotatable bonds is 8. The largest absolute Gasteiger partial charge is 0.496 e. The number of nitro benzene ring substituents is 1. The van der Waals surface area contributed by atoms with Gasteiger partial charge in [0.05, 0.1) is 46.1 Å². The lowest BCUT2D eigenvalue weighted by molar-refractivity contribution is -0.384. The maximum atomic E-state index is 12.2. The summed E-state index contributed by atoms with van der Waals surface area (Å²) in [7, 11) is 1.45. The van der Waals surface area contributed by atoms with Gasteiger partial charge < -0.3 is 24.7 Å². The molecule has 0 saturated carbocycles. The molecule has 1 fully saturated rings. The van der Waals surface area contributed by atoms with Gasteiger partial charge in [-0.1, -0.05) is 31.5 Å². The molecule has 1 saturated heterocycles. The van der Waals surface area contributed by atoms with E-state index in [9.17, 15) is 14.9 Å². The van der Waals surface area contributed by atoms with E-state index in [1.807, 2.05) is 35.2 Å². The highest BCUT2D eigenvalue weighted by molar-refractivity contribution is 7.80. The van der Waals surface area contributed by atoms with Crippen molar-refractivity contribution in [3.8, 4) is 17.1 Å². The summed E-state index contributed by atoms with van der Waals surface area (Å²) in [6.07, 6.45) is 1.71. The number of amides is 1. The van der Waals surface area contributed by atoms with Gasteiger partial charge in [-0.05, 0) is 60.7 Å². The van der Waals surface area contributed by atoms with Crippen LogP contribution in [0.5, 0.6) is 5.75 Å². The van der Waals surface area contributed by atoms with Gasteiger partial charge in [0.25, 0.3) is 5.69 Å². The Morgan fingerprint density at radius 3 is 2.66 bits per heavy atom. The molecule has 0 radical (unpaired) electrons. The Bertz CT molecular complexity index is 1630. The molecule has 1 aliphatic rings. The number of anilines is 2. The van der Waals surface area contributed by atoms with Crippen molar-refractivity contribution in [2.75, 3.05) is 17.3 Å². The van der Waals surface area contributed by atoms with Crippen LogP contribution >= 0.6 is 23.8 Å². The van der Waals surface area contributed by atoms with Gasteiger partial charge in [0.2, 0.25) is 5.91 Å². The third kappa shape index (κ3) is 5.59. The molecule has 0 spiro atoms. The summed E-state index contributed by atoms with van der Waals surface area (Å²) in [4.78, 5) is 29.5. The smallest absolute Gasteiger partial charge is 0.273 e. The van der Waals surface area contributed by atoms with Gasteiger partial charge in [-0.25, -0.2) is 0 Å². The number of furan rings is 1. The van der Waals surface area contributed by atoms with Crippen molar-refractivity contribution in [3.05, 3.63) is 99.5 Å². The summed E-state index contributed by atoms with van der Waals surface area (Å²) in [6, 6.07) is 18.0. The molecule has 2 atom stereocenters. The number of nitrogens with one attached hydrogen (secondary N) is 2. The number of thiocarbonyl (C=S) groups is 1. The topological polar surface area (TPSA) is 123 Å². The minimum atomic E-state index is -0.481. The number of halogens is 1. The highest BCUT2D eigenvalue weighted by Gasteiger charge is 2.43. The molecule has 4 aromatic rings. The van der Waals surface area contributed by atoms with Gasteiger partial charge in [0.15, 0.2) is 5.11 Å². The highest BCUT2D eigenvalue weighted by atomic mass is 35.5. The Balaban J connectivity index is 1.56. The molecule has 0 bridgehead atoms. The van der Waals surface area contributed by atoms with Gasteiger partial charge in [0, 0.05) is 23.9 Å². The lowest BCUT2D eigenvalue weighted by Crippen LogP contribution is -2.29. The van der Waals surface area contributed by atoms with Crippen molar-refractivity contribution in [2.45, 2.75) is 25.9 Å². The zero-order valence-corrected chi connectivity index (χ0v) is 23.9. The van der Waals surface area contributed by atoms with Crippen LogP contribution < -0.4 is 20.3 Å². The Morgan fingerprint density at radius 2 is 2.00 bits per heavy atom. The van der Waals surface area contributed by atoms with Crippen LogP contribution in [-0.4, -0.2) is 28.0 Å². The van der Waals surface area contributed by atoms with Gasteiger partial charge in [-0.3, -0.25) is 19.9 Å². The Kier molecular flexibility index (Phi) is 7.91. The van der Waals surface area contributed by atoms with Crippen LogP contribution in [0, 0.1) is 16.0 Å². The standard InChI is InChI=1S/C29H26ClN5O5S/c1-16(2)28(36)32-21-10-8-17(14-20(21)30)34-27(26(33-29(34)41)22-6-4-5-13-31-22)24-12-11-23(40-24)19-9-7-18(35(37)38)15-25(19)39-3/h4-16,26-27H,1-3H3,(H,32,36)(H,33,41)/t26-,27-/m0/s1. The first-order valence-corrected chi connectivity index (χ1v) is 13.5. The number of non-ortho nitro benzene ring substituents is 1. The molecule has 1 amide bonds. The first kappa shape index (κ1) is 28.1. The molecule has 10 nitrogen and oxygen atoms in total. The van der Waals surface area contributed by atoms with E-state index >= 15 is 0 Å². The number of ether oxygens (including phenoxy) is 1.